The van der Waals surface area contributed by atoms with Gasteiger partial charge in [-0.25, -0.2) is 44.9 Å². The van der Waals surface area contributed by atoms with E-state index in [1.165, 1.54) is 60.7 Å². The molecule has 0 aromatic carbocycles. The molecule has 18 heterocycles. The Hall–Kier alpha value is -11.9. The lowest BCUT2D eigenvalue weighted by Crippen LogP contribution is -2.18. The van der Waals surface area contributed by atoms with Crippen LogP contribution in [0.15, 0.2) is 113 Å². The topological polar surface area (TPSA) is 397 Å². The Balaban J connectivity index is 0.000000218. The molecule has 9 aliphatic rings. The highest BCUT2D eigenvalue weighted by atomic mass is 16.6. The van der Waals surface area contributed by atoms with E-state index < -0.39 is 333 Å². The Kier molecular flexibility index (Phi) is 19.1. The van der Waals surface area contributed by atoms with Crippen LogP contribution in [0.1, 0.15) is 253 Å². The number of ether oxygens (including phenoxy) is 9. The van der Waals surface area contributed by atoms with Crippen LogP contribution < -0.4 is 0 Å². The van der Waals surface area contributed by atoms with Crippen LogP contribution in [0.2, 0.25) is 0 Å². The van der Waals surface area contributed by atoms with Crippen LogP contribution in [-0.4, -0.2) is 199 Å². The van der Waals surface area contributed by atoms with E-state index in [1.807, 2.05) is 0 Å². The number of rotatable bonds is 27. The number of carbonyl (C=O) groups is 9. The second kappa shape index (κ2) is 51.7. The van der Waals surface area contributed by atoms with Gasteiger partial charge in [0.1, 0.15) is 0 Å². The molecule has 738 valence electrons. The Morgan fingerprint density at radius 2 is 0.481 bits per heavy atom. The van der Waals surface area contributed by atoms with Gasteiger partial charge in [0.05, 0.1) is 178 Å². The summed E-state index contributed by atoms with van der Waals surface area (Å²) in [6.07, 6.45) is 10.5. The summed E-state index contributed by atoms with van der Waals surface area (Å²) in [5, 5.41) is 0. The number of aromatic nitrogens is 18. The van der Waals surface area contributed by atoms with E-state index in [0.717, 1.165) is 50.3 Å². The highest BCUT2D eigenvalue weighted by Crippen LogP contribution is 2.36. The number of carbonyl (C=O) groups excluding carboxylic acids is 9. The molecule has 18 rings (SSSR count). The first kappa shape index (κ1) is 49.7. The van der Waals surface area contributed by atoms with Crippen molar-refractivity contribution < 1.29 is 168 Å². The van der Waals surface area contributed by atoms with Crippen molar-refractivity contribution in [2.75, 3.05) is 59.3 Å². The molecule has 0 aliphatic carbocycles. The molecule has 0 N–H and O–H groups in total. The number of imidazole rings is 9. The van der Waals surface area contributed by atoms with Gasteiger partial charge < -0.3 is 83.7 Å². The molecule has 0 saturated carbocycles. The monoisotopic (exact) mass is 1930 g/mol. The van der Waals surface area contributed by atoms with Gasteiger partial charge >= 0.3 is 53.7 Å². The Bertz CT molecular complexity index is 8040. The molecular weight excluding hydrogens is 1730 g/mol. The van der Waals surface area contributed by atoms with Gasteiger partial charge in [0.15, 0.2) is 0 Å². The van der Waals surface area contributed by atoms with Gasteiger partial charge in [0, 0.05) is 297 Å². The summed E-state index contributed by atoms with van der Waals surface area (Å²) in [7, 11) is 10.2. The van der Waals surface area contributed by atoms with Crippen molar-refractivity contribution in [3.63, 3.8) is 0 Å². The van der Waals surface area contributed by atoms with Gasteiger partial charge in [-0.2, -0.15) is 0 Å². The zero-order valence-electron chi connectivity index (χ0n) is 134. The van der Waals surface area contributed by atoms with Crippen molar-refractivity contribution in [2.24, 2.45) is 169 Å². The number of esters is 9. The third-order valence-electron chi connectivity index (χ3n) is 22.1. The zero-order valence-corrected chi connectivity index (χ0v) is 74.1. The molecule has 0 amide bonds. The molecule has 0 bridgehead atoms. The summed E-state index contributed by atoms with van der Waals surface area (Å²) in [6, 6.07) is 0. The molecule has 36 heteroatoms. The second-order valence-corrected chi connectivity index (χ2v) is 30.8. The quantitative estimate of drug-likeness (QED) is 0.0341. The molecular formula is C99H144N18O18. The maximum absolute atomic E-state index is 12.1. The standard InChI is InChI=1S/9C11H16N2O2/c9*1-3-10-8(6-15-11(10)14)4-9-5-12-7-13(9)2/h9*5,7-8,10H,3-4,6H2,1-2H3/t9*8-,10-/m000000000/s1/i1D3,2D3,3D2,8D,10D;1D3,3D2,8D,10D;1D3,3D2,6D2,10D;1D3,2D3,8D,10D;1D3,8D,10D;1D3,6D2,10D;1D3,2D3,8D;1D3,8D;1D3,6D2. The van der Waals surface area contributed by atoms with Crippen LogP contribution in [0.5, 0.6) is 0 Å². The van der Waals surface area contributed by atoms with E-state index in [4.69, 9.17) is 111 Å². The Labute approximate surface area is 877 Å². The Morgan fingerprint density at radius 1 is 0.259 bits per heavy atom. The molecule has 135 heavy (non-hydrogen) atoms. The fraction of sp³-hybridized carbons (Fsp3) is 0.636. The van der Waals surface area contributed by atoms with Gasteiger partial charge in [-0.1, -0.05) is 61.7 Å². The average Bonchev–Trinajstić information content (AvgIpc) is 1.55. The van der Waals surface area contributed by atoms with Gasteiger partial charge in [-0.05, 0) is 115 Å². The molecule has 0 spiro atoms. The predicted octanol–water partition coefficient (Wildman–Crippen LogP) is 10.5. The molecule has 9 fully saturated rings. The van der Waals surface area contributed by atoms with Crippen molar-refractivity contribution in [3.8, 4) is 0 Å². The van der Waals surface area contributed by atoms with Crippen LogP contribution in [0, 0.1) is 106 Å². The molecule has 0 unspecified atom stereocenters. The normalized spacial score (nSPS) is 41.2. The van der Waals surface area contributed by atoms with Crippen molar-refractivity contribution >= 4 is 53.7 Å². The van der Waals surface area contributed by atoms with Crippen molar-refractivity contribution in [1.82, 2.24) is 86.0 Å². The van der Waals surface area contributed by atoms with E-state index >= 15 is 0 Å². The molecule has 0 radical (unpaired) electrons. The minimum atomic E-state index is -3.39. The zero-order chi connectivity index (χ0) is 149. The van der Waals surface area contributed by atoms with E-state index in [0.29, 0.717) is 22.8 Å². The third-order valence-corrected chi connectivity index (χ3v) is 22.1. The summed E-state index contributed by atoms with van der Waals surface area (Å²) >= 11 is 0. The van der Waals surface area contributed by atoms with Gasteiger partial charge in [-0.3, -0.25) is 43.2 Å². The van der Waals surface area contributed by atoms with E-state index in [1.54, 1.807) is 96.5 Å². The first-order valence-electron chi connectivity index (χ1n) is 71.2. The molecule has 9 aromatic rings. The molecule has 9 saturated heterocycles. The van der Waals surface area contributed by atoms with Gasteiger partial charge in [-0.15, -0.1) is 0 Å². The number of nitrogens with zero attached hydrogens (tertiary/aromatic N) is 18. The van der Waals surface area contributed by atoms with Crippen LogP contribution in [0.4, 0.5) is 0 Å². The fourth-order valence-corrected chi connectivity index (χ4v) is 14.0. The summed E-state index contributed by atoms with van der Waals surface area (Å²) in [5.74, 6) is -42.4. The van der Waals surface area contributed by atoms with E-state index in [2.05, 4.69) is 59.1 Å². The third kappa shape index (κ3) is 28.4. The SMILES string of the molecule is [2H]C([2H])([2H])C([2H])([2H])[C@]1([2H])C(=O)OC[C@]1([2H])Cc1cncn1C.[2H]C([2H])([2H])C[C@@H]1C(=O)OC([2H])([2H])[C@@H]1Cc1cncn1C.[2H]C([2H])([2H])C[C@@H]1C(=O)OC[C@]1([2H])Cc1cncn1C.[2H]C([2H])([2H])C[C@@H]1C(=O)OC[C@]1([2H])Cc1cncn1C([2H])([2H])[2H].[2H]C([2H])([2H])C[C@]1([2H])C(=O)OC([2H])([2H])[C@@H]1Cc1cncn1C.[2H]C([2H])([2H])C[C@]1([2H])C(=O)OC[C@]1([2H])Cc1cncn1C.[2H]C([2H])([2H])C[C@]1([2H])C(=O)OC[C@]1([2H])Cc1cncn1C([2H])([2H])[2H].[2H]C([2H])([2H])n1cncc1C[C@@]1([2H])COC(=O)[C@@]1([2H])C([2H])([2H])C([2H])([2H])[2H].[2H]C1([2H])OC(=O)[C@@]([2H])(C([2H])([2H])C([2H])([2H])[2H])[C@H]1Cc1cncn1C. The first-order chi connectivity index (χ1) is 87.7. The lowest BCUT2D eigenvalue weighted by atomic mass is 9.89. The largest absolute Gasteiger partial charge is 0.465 e. The molecule has 9 aliphatic heterocycles. The average molecular weight is 1930 g/mol. The fourth-order valence-electron chi connectivity index (χ4n) is 14.0. The van der Waals surface area contributed by atoms with Crippen LogP contribution in [0.25, 0.3) is 0 Å². The maximum Gasteiger partial charge on any atom is 0.309 e. The lowest BCUT2D eigenvalue weighted by molar-refractivity contribution is -0.142. The predicted molar refractivity (Wildman–Crippen MR) is 496 cm³/mol. The smallest absolute Gasteiger partial charge is 0.309 e. The summed E-state index contributed by atoms with van der Waals surface area (Å²) in [4.78, 5) is 141. The van der Waals surface area contributed by atoms with E-state index in [-0.39, 0.29) is 101 Å². The van der Waals surface area contributed by atoms with Crippen LogP contribution in [-0.2, 0) is 207 Å². The van der Waals surface area contributed by atoms with Gasteiger partial charge in [0.25, 0.3) is 0 Å². The molecule has 18 atom stereocenters. The van der Waals surface area contributed by atoms with Crippen LogP contribution in [0.3, 0.4) is 0 Å². The summed E-state index contributed by atoms with van der Waals surface area (Å²) in [6.45, 7) is -41.6. The highest BCUT2D eigenvalue weighted by Gasteiger charge is 2.43. The van der Waals surface area contributed by atoms with Gasteiger partial charge in [0.2, 0.25) is 0 Å². The minimum Gasteiger partial charge on any atom is -0.465 e. The summed E-state index contributed by atoms with van der Waals surface area (Å²) in [5.41, 5.74) is 3.96. The minimum absolute atomic E-state index is 0.00514. The van der Waals surface area contributed by atoms with Crippen molar-refractivity contribution in [1.29, 1.82) is 0 Å². The Morgan fingerprint density at radius 3 is 0.800 bits per heavy atom. The van der Waals surface area contributed by atoms with E-state index in [9.17, 15) is 43.2 Å². The second-order valence-electron chi connectivity index (χ2n) is 30.8. The molecule has 9 aromatic heterocycles. The summed E-state index contributed by atoms with van der Waals surface area (Å²) < 4.78 is 512. The lowest BCUT2D eigenvalue weighted by Gasteiger charge is -2.12. The number of hydrogen-bond acceptors (Lipinski definition) is 27. The van der Waals surface area contributed by atoms with Crippen molar-refractivity contribution in [2.45, 2.75) is 177 Å². The molecule has 36 nitrogen and oxygen atoms in total. The number of aryl methyl sites for hydroxylation is 9. The van der Waals surface area contributed by atoms with Crippen molar-refractivity contribution in [3.05, 3.63) is 164 Å². The maximum atomic E-state index is 12.1. The van der Waals surface area contributed by atoms with Crippen LogP contribution >= 0.6 is 0 Å². The number of hydrogen-bond donors (Lipinski definition) is 0. The number of cyclic esters (lactones) is 9. The highest BCUT2D eigenvalue weighted by molar-refractivity contribution is 5.78. The first-order valence-corrected chi connectivity index (χ1v) is 41.2.